The number of ether oxygens (including phenoxy) is 2. The van der Waals surface area contributed by atoms with Crippen LogP contribution in [0.2, 0.25) is 0 Å². The fraction of sp³-hybridized carbons (Fsp3) is 0.571. The maximum atomic E-state index is 13.7. The van der Waals surface area contributed by atoms with Gasteiger partial charge in [0, 0.05) is 5.92 Å². The van der Waals surface area contributed by atoms with Crippen molar-refractivity contribution in [2.75, 3.05) is 13.7 Å². The number of hydrogen-bond acceptors (Lipinski definition) is 2. The summed E-state index contributed by atoms with van der Waals surface area (Å²) in [4.78, 5) is 0. The van der Waals surface area contributed by atoms with Gasteiger partial charge in [-0.3, -0.25) is 0 Å². The average molecular weight is 260 g/mol. The molecular formula is C14H22F2O2. The minimum atomic E-state index is -1.11. The van der Waals surface area contributed by atoms with Crippen LogP contribution in [0.15, 0.2) is 36.1 Å². The van der Waals surface area contributed by atoms with Crippen LogP contribution in [0.3, 0.4) is 0 Å². The smallest absolute Gasteiger partial charge is 0.200 e. The standard InChI is InChI=1S/C14H22F2O2/c1-7-10(3)18-8-9(2)11(4)13(15)14(16)12(5)17-6/h9-10H,4-5,7-8H2,1-3,6H3/b14-13-. The van der Waals surface area contributed by atoms with E-state index in [2.05, 4.69) is 17.9 Å². The average Bonchev–Trinajstić information content (AvgIpc) is 2.40. The van der Waals surface area contributed by atoms with E-state index in [1.165, 1.54) is 7.11 Å². The molecule has 2 unspecified atom stereocenters. The molecule has 2 atom stereocenters. The summed E-state index contributed by atoms with van der Waals surface area (Å²) in [5.74, 6) is -2.79. The van der Waals surface area contributed by atoms with Gasteiger partial charge >= 0.3 is 0 Å². The quantitative estimate of drug-likeness (QED) is 0.478. The second-order valence-electron chi connectivity index (χ2n) is 4.23. The van der Waals surface area contributed by atoms with Crippen LogP contribution in [-0.4, -0.2) is 19.8 Å². The summed E-state index contributed by atoms with van der Waals surface area (Å²) < 4.78 is 37.1. The van der Waals surface area contributed by atoms with E-state index in [4.69, 9.17) is 4.74 Å². The molecule has 4 heteroatoms. The van der Waals surface area contributed by atoms with Crippen molar-refractivity contribution in [3.63, 3.8) is 0 Å². The molecular weight excluding hydrogens is 238 g/mol. The highest BCUT2D eigenvalue weighted by molar-refractivity contribution is 5.33. The van der Waals surface area contributed by atoms with Crippen molar-refractivity contribution < 1.29 is 18.3 Å². The summed E-state index contributed by atoms with van der Waals surface area (Å²) in [7, 11) is 1.23. The van der Waals surface area contributed by atoms with Crippen molar-refractivity contribution in [2.45, 2.75) is 33.3 Å². The lowest BCUT2D eigenvalue weighted by Crippen LogP contribution is -2.15. The Hall–Kier alpha value is -1.16. The third-order valence-electron chi connectivity index (χ3n) is 2.77. The van der Waals surface area contributed by atoms with Crippen LogP contribution in [-0.2, 0) is 9.47 Å². The zero-order valence-electron chi connectivity index (χ0n) is 11.6. The molecule has 0 N–H and O–H groups in total. The lowest BCUT2D eigenvalue weighted by molar-refractivity contribution is 0.0485. The van der Waals surface area contributed by atoms with E-state index in [1.54, 1.807) is 6.92 Å². The molecule has 0 bridgehead atoms. The molecule has 0 aromatic heterocycles. The Kier molecular flexibility index (Phi) is 7.51. The summed E-state index contributed by atoms with van der Waals surface area (Å²) in [6, 6.07) is 0. The van der Waals surface area contributed by atoms with E-state index in [0.717, 1.165) is 6.42 Å². The highest BCUT2D eigenvalue weighted by atomic mass is 19.2. The Labute approximate surface area is 108 Å². The minimum Gasteiger partial charge on any atom is -0.494 e. The Morgan fingerprint density at radius 2 is 1.72 bits per heavy atom. The predicted molar refractivity (Wildman–Crippen MR) is 69.4 cm³/mol. The van der Waals surface area contributed by atoms with Crippen LogP contribution in [0.1, 0.15) is 27.2 Å². The van der Waals surface area contributed by atoms with Gasteiger partial charge in [0.05, 0.1) is 19.8 Å². The molecule has 0 aliphatic carbocycles. The molecule has 0 fully saturated rings. The van der Waals surface area contributed by atoms with Crippen LogP contribution in [0.4, 0.5) is 8.78 Å². The molecule has 0 saturated heterocycles. The summed E-state index contributed by atoms with van der Waals surface area (Å²) in [5.41, 5.74) is 0.0500. The van der Waals surface area contributed by atoms with Gasteiger partial charge in [0.25, 0.3) is 0 Å². The zero-order chi connectivity index (χ0) is 14.3. The largest absolute Gasteiger partial charge is 0.494 e. The van der Waals surface area contributed by atoms with Crippen LogP contribution in [0.25, 0.3) is 0 Å². The van der Waals surface area contributed by atoms with E-state index < -0.39 is 11.7 Å². The van der Waals surface area contributed by atoms with Gasteiger partial charge < -0.3 is 9.47 Å². The third kappa shape index (κ3) is 5.00. The minimum absolute atomic E-state index is 0.0500. The molecule has 0 heterocycles. The van der Waals surface area contributed by atoms with Crippen molar-refractivity contribution >= 4 is 0 Å². The van der Waals surface area contributed by atoms with E-state index in [0.29, 0.717) is 6.61 Å². The predicted octanol–water partition coefficient (Wildman–Crippen LogP) is 4.30. The van der Waals surface area contributed by atoms with Crippen molar-refractivity contribution in [2.24, 2.45) is 5.92 Å². The van der Waals surface area contributed by atoms with Gasteiger partial charge in [-0.1, -0.05) is 27.0 Å². The van der Waals surface area contributed by atoms with Crippen LogP contribution < -0.4 is 0 Å². The highest BCUT2D eigenvalue weighted by Crippen LogP contribution is 2.27. The lowest BCUT2D eigenvalue weighted by Gasteiger charge is -2.17. The normalized spacial score (nSPS) is 15.7. The third-order valence-corrected chi connectivity index (χ3v) is 2.77. The Morgan fingerprint density at radius 1 is 1.17 bits per heavy atom. The first-order valence-corrected chi connectivity index (χ1v) is 5.94. The van der Waals surface area contributed by atoms with Crippen molar-refractivity contribution in [3.8, 4) is 0 Å². The van der Waals surface area contributed by atoms with E-state index in [1.807, 2.05) is 13.8 Å². The van der Waals surface area contributed by atoms with E-state index in [9.17, 15) is 8.78 Å². The molecule has 0 rings (SSSR count). The fourth-order valence-corrected chi connectivity index (χ4v) is 1.10. The van der Waals surface area contributed by atoms with Gasteiger partial charge in [0.2, 0.25) is 0 Å². The Bertz CT molecular complexity index is 335. The Morgan fingerprint density at radius 3 is 2.17 bits per heavy atom. The molecule has 0 amide bonds. The summed E-state index contributed by atoms with van der Waals surface area (Å²) in [5, 5.41) is 0. The van der Waals surface area contributed by atoms with Crippen LogP contribution in [0.5, 0.6) is 0 Å². The topological polar surface area (TPSA) is 18.5 Å². The summed E-state index contributed by atoms with van der Waals surface area (Å²) in [6.07, 6.45) is 0.956. The SMILES string of the molecule is C=C(OC)/C(F)=C(/F)C(=C)C(C)COC(C)CC. The lowest BCUT2D eigenvalue weighted by atomic mass is 10.0. The van der Waals surface area contributed by atoms with Crippen LogP contribution in [0, 0.1) is 5.92 Å². The van der Waals surface area contributed by atoms with Gasteiger partial charge in [-0.25, -0.2) is 4.39 Å². The van der Waals surface area contributed by atoms with Gasteiger partial charge in [-0.15, -0.1) is 0 Å². The molecule has 0 aromatic rings. The van der Waals surface area contributed by atoms with Gasteiger partial charge in [-0.2, -0.15) is 4.39 Å². The number of allylic oxidation sites excluding steroid dienone is 2. The second-order valence-corrected chi connectivity index (χ2v) is 4.23. The molecule has 104 valence electrons. The van der Waals surface area contributed by atoms with Crippen molar-refractivity contribution in [1.29, 1.82) is 0 Å². The monoisotopic (exact) mass is 260 g/mol. The van der Waals surface area contributed by atoms with Crippen LogP contribution >= 0.6 is 0 Å². The first-order chi connectivity index (χ1) is 8.34. The van der Waals surface area contributed by atoms with Gasteiger partial charge in [0.15, 0.2) is 11.7 Å². The van der Waals surface area contributed by atoms with Crippen molar-refractivity contribution in [1.82, 2.24) is 0 Å². The summed E-state index contributed by atoms with van der Waals surface area (Å²) in [6.45, 7) is 12.7. The second kappa shape index (κ2) is 8.03. The molecule has 0 spiro atoms. The molecule has 0 aromatic carbocycles. The molecule has 18 heavy (non-hydrogen) atoms. The number of halogens is 2. The molecule has 0 aliphatic heterocycles. The van der Waals surface area contributed by atoms with E-state index in [-0.39, 0.29) is 23.4 Å². The number of methoxy groups -OCH3 is 1. The maximum Gasteiger partial charge on any atom is 0.200 e. The molecule has 0 aliphatic rings. The zero-order valence-corrected chi connectivity index (χ0v) is 11.6. The maximum absolute atomic E-state index is 13.7. The molecule has 0 saturated carbocycles. The van der Waals surface area contributed by atoms with Gasteiger partial charge in [0.1, 0.15) is 5.76 Å². The van der Waals surface area contributed by atoms with Crippen molar-refractivity contribution in [3.05, 3.63) is 36.1 Å². The van der Waals surface area contributed by atoms with Gasteiger partial charge in [-0.05, 0) is 18.9 Å². The molecule has 0 radical (unpaired) electrons. The first kappa shape index (κ1) is 16.8. The fourth-order valence-electron chi connectivity index (χ4n) is 1.10. The Balaban J connectivity index is 4.59. The molecule has 2 nitrogen and oxygen atoms in total. The summed E-state index contributed by atoms with van der Waals surface area (Å²) >= 11 is 0. The highest BCUT2D eigenvalue weighted by Gasteiger charge is 2.19. The first-order valence-electron chi connectivity index (χ1n) is 5.94. The number of hydrogen-bond donors (Lipinski definition) is 0. The number of rotatable bonds is 8. The van der Waals surface area contributed by atoms with E-state index >= 15 is 0 Å².